The number of allylic oxidation sites excluding steroid dienone is 1. The molecule has 0 N–H and O–H groups in total. The second-order valence-corrected chi connectivity index (χ2v) is 5.43. The van der Waals surface area contributed by atoms with Crippen molar-refractivity contribution in [1.82, 2.24) is 0 Å². The third kappa shape index (κ3) is 2.73. The lowest BCUT2D eigenvalue weighted by Crippen LogP contribution is -2.25. The highest BCUT2D eigenvalue weighted by molar-refractivity contribution is 7.87. The van der Waals surface area contributed by atoms with Crippen LogP contribution in [0.25, 0.3) is 5.76 Å². The summed E-state index contributed by atoms with van der Waals surface area (Å²) in [6, 6.07) is 3.37. The fraction of sp³-hybridized carbons (Fsp3) is 0.273. The Morgan fingerprint density at radius 3 is 2.53 bits per heavy atom. The van der Waals surface area contributed by atoms with Gasteiger partial charge >= 0.3 is 15.6 Å². The van der Waals surface area contributed by atoms with Gasteiger partial charge in [0.05, 0.1) is 0 Å². The average molecular weight is 296 g/mol. The van der Waals surface area contributed by atoms with Crippen molar-refractivity contribution >= 4 is 15.9 Å². The summed E-state index contributed by atoms with van der Waals surface area (Å²) in [5.74, 6) is -0.961. The number of rotatable bonds is 2. The molecule has 1 aliphatic rings. The van der Waals surface area contributed by atoms with Crippen LogP contribution in [-0.4, -0.2) is 13.9 Å². The van der Waals surface area contributed by atoms with Crippen molar-refractivity contribution in [3.8, 4) is 0 Å². The SMILES string of the molecule is O=S(=O)(OC1=CCCc2cc(F)ccc21)C(F)(F)F. The lowest BCUT2D eigenvalue weighted by atomic mass is 9.96. The van der Waals surface area contributed by atoms with E-state index in [9.17, 15) is 26.0 Å². The topological polar surface area (TPSA) is 43.4 Å². The van der Waals surface area contributed by atoms with Crippen molar-refractivity contribution in [1.29, 1.82) is 0 Å². The molecule has 0 bridgehead atoms. The number of halogens is 4. The Morgan fingerprint density at radius 1 is 1.21 bits per heavy atom. The van der Waals surface area contributed by atoms with E-state index in [0.717, 1.165) is 12.1 Å². The van der Waals surface area contributed by atoms with Crippen molar-refractivity contribution < 1.29 is 30.2 Å². The van der Waals surface area contributed by atoms with Crippen molar-refractivity contribution in [3.05, 3.63) is 41.2 Å². The Morgan fingerprint density at radius 2 is 1.89 bits per heavy atom. The van der Waals surface area contributed by atoms with E-state index < -0.39 is 27.2 Å². The third-order valence-electron chi connectivity index (χ3n) is 2.56. The molecule has 0 amide bonds. The summed E-state index contributed by atoms with van der Waals surface area (Å²) in [4.78, 5) is 0. The van der Waals surface area contributed by atoms with E-state index in [1.165, 1.54) is 12.1 Å². The van der Waals surface area contributed by atoms with Crippen LogP contribution in [0.4, 0.5) is 17.6 Å². The molecule has 0 atom stereocenters. The number of fused-ring (bicyclic) bond motifs is 1. The fourth-order valence-electron chi connectivity index (χ4n) is 1.72. The Bertz CT molecular complexity index is 632. The van der Waals surface area contributed by atoms with Crippen molar-refractivity contribution in [2.24, 2.45) is 0 Å². The minimum absolute atomic E-state index is 0.153. The molecule has 0 radical (unpaired) electrons. The number of aryl methyl sites for hydroxylation is 1. The number of alkyl halides is 3. The normalized spacial score (nSPS) is 15.7. The summed E-state index contributed by atoms with van der Waals surface area (Å²) in [5.41, 5.74) is -4.93. The predicted molar refractivity (Wildman–Crippen MR) is 58.8 cm³/mol. The largest absolute Gasteiger partial charge is 0.534 e. The van der Waals surface area contributed by atoms with Gasteiger partial charge in [0.25, 0.3) is 0 Å². The van der Waals surface area contributed by atoms with Gasteiger partial charge in [0, 0.05) is 5.56 Å². The Labute approximate surface area is 106 Å². The van der Waals surface area contributed by atoms with Crippen molar-refractivity contribution in [3.63, 3.8) is 0 Å². The van der Waals surface area contributed by atoms with Gasteiger partial charge in [0.15, 0.2) is 0 Å². The lowest BCUT2D eigenvalue weighted by molar-refractivity contribution is -0.0509. The van der Waals surface area contributed by atoms with Gasteiger partial charge < -0.3 is 4.18 Å². The van der Waals surface area contributed by atoms with E-state index in [1.54, 1.807) is 0 Å². The third-order valence-corrected chi connectivity index (χ3v) is 3.53. The summed E-state index contributed by atoms with van der Waals surface area (Å²) >= 11 is 0. The van der Waals surface area contributed by atoms with E-state index in [1.807, 2.05) is 0 Å². The standard InChI is InChI=1S/C11H8F4O3S/c12-8-4-5-9-7(6-8)2-1-3-10(9)18-19(16,17)11(13,14)15/h3-6H,1-2H2. The van der Waals surface area contributed by atoms with Crippen LogP contribution in [0.3, 0.4) is 0 Å². The smallest absolute Gasteiger partial charge is 0.376 e. The second kappa shape index (κ2) is 4.52. The molecule has 0 heterocycles. The van der Waals surface area contributed by atoms with Gasteiger partial charge in [0.2, 0.25) is 0 Å². The molecule has 0 fully saturated rings. The van der Waals surface area contributed by atoms with Gasteiger partial charge in [0.1, 0.15) is 11.6 Å². The zero-order valence-electron chi connectivity index (χ0n) is 9.37. The summed E-state index contributed by atoms with van der Waals surface area (Å²) < 4.78 is 75.6. The molecular formula is C11H8F4O3S. The molecule has 1 aromatic carbocycles. The van der Waals surface area contributed by atoms with E-state index in [0.29, 0.717) is 12.0 Å². The van der Waals surface area contributed by atoms with Gasteiger partial charge in [-0.2, -0.15) is 21.6 Å². The van der Waals surface area contributed by atoms with Crippen LogP contribution in [0.5, 0.6) is 0 Å². The molecule has 1 aromatic rings. The molecular weight excluding hydrogens is 288 g/mol. The van der Waals surface area contributed by atoms with E-state index >= 15 is 0 Å². The van der Waals surface area contributed by atoms with E-state index in [4.69, 9.17) is 0 Å². The maximum atomic E-state index is 13.0. The number of benzene rings is 1. The number of hydrogen-bond donors (Lipinski definition) is 0. The van der Waals surface area contributed by atoms with Crippen LogP contribution in [0, 0.1) is 5.82 Å². The first-order valence-electron chi connectivity index (χ1n) is 5.20. The van der Waals surface area contributed by atoms with Gasteiger partial charge in [-0.1, -0.05) is 0 Å². The minimum Gasteiger partial charge on any atom is -0.376 e. The van der Waals surface area contributed by atoms with Crippen LogP contribution in [0.15, 0.2) is 24.3 Å². The molecule has 104 valence electrons. The first kappa shape index (κ1) is 13.9. The van der Waals surface area contributed by atoms with Crippen molar-refractivity contribution in [2.45, 2.75) is 18.3 Å². The highest BCUT2D eigenvalue weighted by atomic mass is 32.2. The molecule has 1 aliphatic carbocycles. The second-order valence-electron chi connectivity index (χ2n) is 3.89. The number of hydrogen-bond acceptors (Lipinski definition) is 3. The van der Waals surface area contributed by atoms with Crippen LogP contribution >= 0.6 is 0 Å². The quantitative estimate of drug-likeness (QED) is 0.479. The molecule has 0 unspecified atom stereocenters. The average Bonchev–Trinajstić information content (AvgIpc) is 2.26. The predicted octanol–water partition coefficient (Wildman–Crippen LogP) is 2.98. The van der Waals surface area contributed by atoms with Crippen LogP contribution in [0.2, 0.25) is 0 Å². The zero-order valence-corrected chi connectivity index (χ0v) is 10.2. The van der Waals surface area contributed by atoms with Gasteiger partial charge in [-0.3, -0.25) is 0 Å². The Balaban J connectivity index is 2.37. The summed E-state index contributed by atoms with van der Waals surface area (Å²) in [7, 11) is -5.71. The first-order valence-corrected chi connectivity index (χ1v) is 6.61. The Hall–Kier alpha value is -1.57. The molecule has 0 saturated heterocycles. The molecule has 0 saturated carbocycles. The minimum atomic E-state index is -5.71. The molecule has 8 heteroatoms. The summed E-state index contributed by atoms with van der Waals surface area (Å²) in [6.45, 7) is 0. The molecule has 3 nitrogen and oxygen atoms in total. The maximum absolute atomic E-state index is 13.0. The zero-order chi connectivity index (χ0) is 14.3. The summed E-state index contributed by atoms with van der Waals surface area (Å²) in [6.07, 6.45) is 1.93. The van der Waals surface area contributed by atoms with Gasteiger partial charge in [-0.25, -0.2) is 4.39 Å². The highest BCUT2D eigenvalue weighted by Gasteiger charge is 2.49. The van der Waals surface area contributed by atoms with Crippen molar-refractivity contribution in [2.75, 3.05) is 0 Å². The lowest BCUT2D eigenvalue weighted by Gasteiger charge is -2.18. The molecule has 0 aromatic heterocycles. The first-order chi connectivity index (χ1) is 8.71. The van der Waals surface area contributed by atoms with E-state index in [-0.39, 0.29) is 12.0 Å². The van der Waals surface area contributed by atoms with Gasteiger partial charge in [-0.05, 0) is 42.7 Å². The van der Waals surface area contributed by atoms with Crippen LogP contribution < -0.4 is 0 Å². The highest BCUT2D eigenvalue weighted by Crippen LogP contribution is 2.33. The maximum Gasteiger partial charge on any atom is 0.534 e. The Kier molecular flexibility index (Phi) is 3.29. The monoisotopic (exact) mass is 296 g/mol. The van der Waals surface area contributed by atoms with E-state index in [2.05, 4.69) is 4.18 Å². The summed E-state index contributed by atoms with van der Waals surface area (Å²) in [5, 5.41) is 0. The molecule has 0 spiro atoms. The molecule has 0 aliphatic heterocycles. The fourth-order valence-corrected chi connectivity index (χ4v) is 2.21. The van der Waals surface area contributed by atoms with Crippen LogP contribution in [0.1, 0.15) is 17.5 Å². The molecule has 19 heavy (non-hydrogen) atoms. The molecule has 2 rings (SSSR count). The van der Waals surface area contributed by atoms with Gasteiger partial charge in [-0.15, -0.1) is 0 Å². The van der Waals surface area contributed by atoms with Crippen LogP contribution in [-0.2, 0) is 20.7 Å².